The highest BCUT2D eigenvalue weighted by Crippen LogP contribution is 2.26. The van der Waals surface area contributed by atoms with Gasteiger partial charge in [-0.05, 0) is 18.8 Å². The lowest BCUT2D eigenvalue weighted by molar-refractivity contribution is 0.101. The molecule has 0 spiro atoms. The van der Waals surface area contributed by atoms with Crippen LogP contribution in [0, 0.1) is 12.3 Å². The van der Waals surface area contributed by atoms with E-state index in [4.69, 9.17) is 0 Å². The van der Waals surface area contributed by atoms with Crippen molar-refractivity contribution in [2.75, 3.05) is 0 Å². The van der Waals surface area contributed by atoms with Gasteiger partial charge in [0.2, 0.25) is 0 Å². The van der Waals surface area contributed by atoms with E-state index < -0.39 is 0 Å². The lowest BCUT2D eigenvalue weighted by Gasteiger charge is -2.22. The van der Waals surface area contributed by atoms with Crippen LogP contribution in [-0.2, 0) is 6.54 Å². The normalized spacial score (nSPS) is 11.9. The zero-order chi connectivity index (χ0) is 18.2. The molecular formula is C18H22N6O. The van der Waals surface area contributed by atoms with Gasteiger partial charge < -0.3 is 0 Å². The molecule has 0 aliphatic carbocycles. The summed E-state index contributed by atoms with van der Waals surface area (Å²) in [7, 11) is 0. The summed E-state index contributed by atoms with van der Waals surface area (Å²) >= 11 is 0. The number of nitrogens with zero attached hydrogens (tertiary/aromatic N) is 6. The topological polar surface area (TPSA) is 86.5 Å². The standard InChI is InChI=1S/C18H22N6O/c1-6-18(4,5)10-24-17-16(15(23-24)11(2)25)22-14(9-21-17)13-7-19-12(3)20-8-13/h7-9H,6,10H2,1-5H3. The molecule has 7 heteroatoms. The van der Waals surface area contributed by atoms with Crippen LogP contribution in [0.15, 0.2) is 18.6 Å². The molecule has 0 aliphatic rings. The van der Waals surface area contributed by atoms with E-state index >= 15 is 0 Å². The van der Waals surface area contributed by atoms with Gasteiger partial charge in [0.05, 0.1) is 11.9 Å². The second-order valence-electron chi connectivity index (χ2n) is 7.03. The van der Waals surface area contributed by atoms with Gasteiger partial charge >= 0.3 is 0 Å². The van der Waals surface area contributed by atoms with Crippen molar-refractivity contribution in [2.45, 2.75) is 47.6 Å². The zero-order valence-electron chi connectivity index (χ0n) is 15.2. The molecule has 25 heavy (non-hydrogen) atoms. The first kappa shape index (κ1) is 17.1. The van der Waals surface area contributed by atoms with E-state index in [1.165, 1.54) is 6.92 Å². The highest BCUT2D eigenvalue weighted by molar-refractivity contribution is 6.02. The third-order valence-electron chi connectivity index (χ3n) is 4.39. The fourth-order valence-electron chi connectivity index (χ4n) is 2.47. The molecule has 3 aromatic heterocycles. The van der Waals surface area contributed by atoms with Gasteiger partial charge in [-0.3, -0.25) is 4.79 Å². The van der Waals surface area contributed by atoms with Gasteiger partial charge in [0.15, 0.2) is 17.1 Å². The Morgan fingerprint density at radius 3 is 2.44 bits per heavy atom. The zero-order valence-corrected chi connectivity index (χ0v) is 15.2. The lowest BCUT2D eigenvalue weighted by Crippen LogP contribution is -2.20. The van der Waals surface area contributed by atoms with Crippen LogP contribution < -0.4 is 0 Å². The molecule has 7 nitrogen and oxygen atoms in total. The summed E-state index contributed by atoms with van der Waals surface area (Å²) in [6.07, 6.45) is 6.08. The van der Waals surface area contributed by atoms with Crippen LogP contribution in [-0.4, -0.2) is 35.5 Å². The van der Waals surface area contributed by atoms with Gasteiger partial charge in [-0.1, -0.05) is 20.8 Å². The fourth-order valence-corrected chi connectivity index (χ4v) is 2.47. The Kier molecular flexibility index (Phi) is 4.32. The van der Waals surface area contributed by atoms with E-state index in [-0.39, 0.29) is 11.2 Å². The van der Waals surface area contributed by atoms with Gasteiger partial charge in [-0.2, -0.15) is 5.10 Å². The van der Waals surface area contributed by atoms with Crippen molar-refractivity contribution in [3.63, 3.8) is 0 Å². The smallest absolute Gasteiger partial charge is 0.182 e. The number of ketones is 1. The quantitative estimate of drug-likeness (QED) is 0.664. The molecule has 0 saturated heterocycles. The first-order chi connectivity index (χ1) is 11.8. The number of aryl methyl sites for hydroxylation is 1. The van der Waals surface area contributed by atoms with Crippen molar-refractivity contribution in [3.05, 3.63) is 30.1 Å². The summed E-state index contributed by atoms with van der Waals surface area (Å²) < 4.78 is 1.79. The highest BCUT2D eigenvalue weighted by atomic mass is 16.1. The largest absolute Gasteiger partial charge is 0.293 e. The molecule has 0 amide bonds. The Labute approximate surface area is 146 Å². The molecule has 3 heterocycles. The van der Waals surface area contributed by atoms with Gasteiger partial charge in [0.1, 0.15) is 11.3 Å². The molecule has 0 atom stereocenters. The van der Waals surface area contributed by atoms with Crippen molar-refractivity contribution < 1.29 is 4.79 Å². The number of Topliss-reactive ketones (excluding diaryl/α,β-unsaturated/α-hetero) is 1. The summed E-state index contributed by atoms with van der Waals surface area (Å²) in [5.74, 6) is 0.571. The summed E-state index contributed by atoms with van der Waals surface area (Å²) in [6.45, 7) is 10.5. The van der Waals surface area contributed by atoms with Crippen molar-refractivity contribution in [1.29, 1.82) is 0 Å². The third-order valence-corrected chi connectivity index (χ3v) is 4.39. The monoisotopic (exact) mass is 338 g/mol. The first-order valence-electron chi connectivity index (χ1n) is 8.34. The van der Waals surface area contributed by atoms with Crippen LogP contribution in [0.4, 0.5) is 0 Å². The van der Waals surface area contributed by atoms with Crippen molar-refractivity contribution >= 4 is 16.9 Å². The maximum Gasteiger partial charge on any atom is 0.182 e. The maximum atomic E-state index is 12.0. The van der Waals surface area contributed by atoms with E-state index in [2.05, 4.69) is 45.8 Å². The molecule has 0 saturated carbocycles. The molecule has 0 bridgehead atoms. The van der Waals surface area contributed by atoms with E-state index in [1.807, 2.05) is 6.92 Å². The van der Waals surface area contributed by atoms with E-state index in [0.29, 0.717) is 34.9 Å². The van der Waals surface area contributed by atoms with Crippen molar-refractivity contribution in [1.82, 2.24) is 29.7 Å². The van der Waals surface area contributed by atoms with E-state index in [1.54, 1.807) is 23.3 Å². The Balaban J connectivity index is 2.13. The Morgan fingerprint density at radius 1 is 1.16 bits per heavy atom. The summed E-state index contributed by atoms with van der Waals surface area (Å²) in [4.78, 5) is 29.6. The lowest BCUT2D eigenvalue weighted by atomic mass is 9.90. The third kappa shape index (κ3) is 3.40. The minimum atomic E-state index is -0.121. The predicted octanol–water partition coefficient (Wildman–Crippen LogP) is 3.23. The minimum Gasteiger partial charge on any atom is -0.293 e. The molecule has 0 N–H and O–H groups in total. The average molecular weight is 338 g/mol. The second kappa shape index (κ2) is 6.31. The molecule has 0 unspecified atom stereocenters. The van der Waals surface area contributed by atoms with Gasteiger partial charge in [0, 0.05) is 31.4 Å². The number of rotatable bonds is 5. The number of aromatic nitrogens is 6. The molecular weight excluding hydrogens is 316 g/mol. The molecule has 0 aliphatic heterocycles. The molecule has 0 radical (unpaired) electrons. The number of hydrogen-bond donors (Lipinski definition) is 0. The SMILES string of the molecule is CCC(C)(C)Cn1nc(C(C)=O)c2nc(-c3cnc(C)nc3)cnc21. The van der Waals surface area contributed by atoms with Crippen molar-refractivity contribution in [2.24, 2.45) is 5.41 Å². The molecule has 130 valence electrons. The number of fused-ring (bicyclic) bond motifs is 1. The average Bonchev–Trinajstić information content (AvgIpc) is 2.93. The van der Waals surface area contributed by atoms with Crippen LogP contribution in [0.3, 0.4) is 0 Å². The Morgan fingerprint density at radius 2 is 1.84 bits per heavy atom. The van der Waals surface area contributed by atoms with E-state index in [9.17, 15) is 4.79 Å². The van der Waals surface area contributed by atoms with E-state index in [0.717, 1.165) is 12.0 Å². The highest BCUT2D eigenvalue weighted by Gasteiger charge is 2.23. The maximum absolute atomic E-state index is 12.0. The predicted molar refractivity (Wildman–Crippen MR) is 95.2 cm³/mol. The van der Waals surface area contributed by atoms with Crippen LogP contribution >= 0.6 is 0 Å². The van der Waals surface area contributed by atoms with Crippen LogP contribution in [0.5, 0.6) is 0 Å². The molecule has 0 fully saturated rings. The van der Waals surface area contributed by atoms with Gasteiger partial charge in [-0.15, -0.1) is 0 Å². The summed E-state index contributed by atoms with van der Waals surface area (Å²) in [5.41, 5.74) is 2.95. The Bertz CT molecular complexity index is 927. The Hall–Kier alpha value is -2.70. The molecule has 3 aromatic rings. The number of carbonyl (C=O) groups is 1. The second-order valence-corrected chi connectivity index (χ2v) is 7.03. The minimum absolute atomic E-state index is 0.0537. The van der Waals surface area contributed by atoms with Crippen molar-refractivity contribution in [3.8, 4) is 11.3 Å². The van der Waals surface area contributed by atoms with Crippen LogP contribution in [0.1, 0.15) is 50.4 Å². The van der Waals surface area contributed by atoms with Crippen LogP contribution in [0.25, 0.3) is 22.4 Å². The summed E-state index contributed by atoms with van der Waals surface area (Å²) in [6, 6.07) is 0. The van der Waals surface area contributed by atoms with Gasteiger partial charge in [0.25, 0.3) is 0 Å². The fraction of sp³-hybridized carbons (Fsp3) is 0.444. The summed E-state index contributed by atoms with van der Waals surface area (Å²) in [5, 5.41) is 4.48. The van der Waals surface area contributed by atoms with Crippen LogP contribution in [0.2, 0.25) is 0 Å². The molecule has 0 aromatic carbocycles. The first-order valence-corrected chi connectivity index (χ1v) is 8.34. The number of hydrogen-bond acceptors (Lipinski definition) is 6. The molecule has 3 rings (SSSR count). The number of carbonyl (C=O) groups excluding carboxylic acids is 1. The van der Waals surface area contributed by atoms with Gasteiger partial charge in [-0.25, -0.2) is 24.6 Å².